The Balaban J connectivity index is 0.00000242. The Bertz CT molecular complexity index is 441. The van der Waals surface area contributed by atoms with Crippen molar-refractivity contribution < 1.29 is 9.45 Å². The predicted molar refractivity (Wildman–Crippen MR) is 102 cm³/mol. The molecule has 1 aromatic carbocycles. The molecule has 1 aromatic rings. The van der Waals surface area contributed by atoms with Crippen LogP contribution in [0.15, 0.2) is 30.3 Å². The number of carbonyl (C=O) groups is 1. The van der Waals surface area contributed by atoms with Crippen LogP contribution in [0.3, 0.4) is 0 Å². The third-order valence-corrected chi connectivity index (χ3v) is 4.55. The van der Waals surface area contributed by atoms with Crippen LogP contribution in [0.1, 0.15) is 44.6 Å². The maximum atomic E-state index is 11.9. The van der Waals surface area contributed by atoms with Crippen LogP contribution in [0.5, 0.6) is 0 Å². The second-order valence-electron chi connectivity index (χ2n) is 6.07. The van der Waals surface area contributed by atoms with Crippen LogP contribution in [0.2, 0.25) is 0 Å². The Morgan fingerprint density at radius 2 is 1.96 bits per heavy atom. The molecule has 0 spiro atoms. The quantitative estimate of drug-likeness (QED) is 0.723. The van der Waals surface area contributed by atoms with Gasteiger partial charge in [0.15, 0.2) is 0 Å². The summed E-state index contributed by atoms with van der Waals surface area (Å²) in [6, 6.07) is 11.0. The summed E-state index contributed by atoms with van der Waals surface area (Å²) in [6.45, 7) is 3.08. The number of nitrogens with one attached hydrogen (secondary N) is 1. The van der Waals surface area contributed by atoms with Gasteiger partial charge >= 0.3 is 8.05 Å². The molecule has 6 heteroatoms. The van der Waals surface area contributed by atoms with E-state index in [2.05, 4.69) is 36.5 Å². The lowest BCUT2D eigenvalue weighted by atomic mass is 9.70. The molecule has 1 atom stereocenters. The molecule has 0 amide bonds. The van der Waals surface area contributed by atoms with Gasteiger partial charge in [0.05, 0.1) is 5.92 Å². The number of hydrogen-bond acceptors (Lipinski definition) is 3. The average molecular weight is 360 g/mol. The van der Waals surface area contributed by atoms with Gasteiger partial charge in [0.1, 0.15) is 0 Å². The third kappa shape index (κ3) is 6.74. The van der Waals surface area contributed by atoms with Crippen LogP contribution in [0.25, 0.3) is 0 Å². The largest absolute Gasteiger partial charge is 0.543 e. The molecule has 0 saturated heterocycles. The summed E-state index contributed by atoms with van der Waals surface area (Å²) < 4.78 is 4.97. The lowest BCUT2D eigenvalue weighted by Crippen LogP contribution is -2.45. The zero-order chi connectivity index (χ0) is 15.1. The topological polar surface area (TPSA) is 38.3 Å². The van der Waals surface area contributed by atoms with E-state index in [1.165, 1.54) is 13.6 Å². The molecule has 0 heterocycles. The summed E-state index contributed by atoms with van der Waals surface area (Å²) in [5.74, 6) is 0.581. The highest BCUT2D eigenvalue weighted by atomic mass is 35.5. The minimum Gasteiger partial charge on any atom is -0.543 e. The van der Waals surface area contributed by atoms with E-state index >= 15 is 0 Å². The van der Waals surface area contributed by atoms with E-state index in [0.717, 1.165) is 38.6 Å². The SMILES string of the molecule is BOC(=O)C(CCCC)C1CC(NCc2ccccc2)C1.Cl.Cl. The van der Waals surface area contributed by atoms with E-state index < -0.39 is 0 Å². The van der Waals surface area contributed by atoms with Gasteiger partial charge in [-0.1, -0.05) is 50.1 Å². The Kier molecular flexibility index (Phi) is 11.4. The zero-order valence-electron chi connectivity index (χ0n) is 14.0. The minimum atomic E-state index is -0.0186. The first kappa shape index (κ1) is 22.3. The molecule has 2 rings (SSSR count). The van der Waals surface area contributed by atoms with E-state index in [0.29, 0.717) is 12.0 Å². The molecule has 3 nitrogen and oxygen atoms in total. The highest BCUT2D eigenvalue weighted by molar-refractivity contribution is 6.05. The van der Waals surface area contributed by atoms with E-state index in [9.17, 15) is 4.79 Å². The lowest BCUT2D eigenvalue weighted by molar-refractivity contribution is -0.142. The summed E-state index contributed by atoms with van der Waals surface area (Å²) in [5, 5.41) is 3.58. The molecule has 0 aliphatic heterocycles. The van der Waals surface area contributed by atoms with Gasteiger partial charge < -0.3 is 9.97 Å². The van der Waals surface area contributed by atoms with Gasteiger partial charge in [-0.2, -0.15) is 0 Å². The molecule has 0 bridgehead atoms. The normalized spacial score (nSPS) is 20.4. The molecule has 0 radical (unpaired) electrons. The molecule has 1 aliphatic carbocycles. The first-order valence-electron chi connectivity index (χ1n) is 8.09. The number of unbranched alkanes of at least 4 members (excludes halogenated alkanes) is 1. The van der Waals surface area contributed by atoms with Crippen molar-refractivity contribution in [3.05, 3.63) is 35.9 Å². The van der Waals surface area contributed by atoms with E-state index in [4.69, 9.17) is 4.65 Å². The fraction of sp³-hybridized carbons (Fsp3) is 0.588. The van der Waals surface area contributed by atoms with Crippen LogP contribution in [-0.4, -0.2) is 20.1 Å². The molecular weight excluding hydrogens is 332 g/mol. The van der Waals surface area contributed by atoms with Crippen LogP contribution < -0.4 is 5.32 Å². The molecule has 23 heavy (non-hydrogen) atoms. The number of benzene rings is 1. The Morgan fingerprint density at radius 1 is 1.30 bits per heavy atom. The third-order valence-electron chi connectivity index (χ3n) is 4.55. The first-order chi connectivity index (χ1) is 10.2. The molecular formula is C17H28BCl2NO2. The van der Waals surface area contributed by atoms with Crippen molar-refractivity contribution in [3.8, 4) is 0 Å². The van der Waals surface area contributed by atoms with E-state index in [-0.39, 0.29) is 36.7 Å². The van der Waals surface area contributed by atoms with Gasteiger partial charge in [0.25, 0.3) is 5.97 Å². The van der Waals surface area contributed by atoms with Crippen molar-refractivity contribution in [2.24, 2.45) is 11.8 Å². The average Bonchev–Trinajstić information content (AvgIpc) is 2.48. The van der Waals surface area contributed by atoms with Crippen LogP contribution >= 0.6 is 24.8 Å². The number of carbonyl (C=O) groups excluding carboxylic acids is 1. The Labute approximate surface area is 153 Å². The predicted octanol–water partition coefficient (Wildman–Crippen LogP) is 3.30. The Hall–Kier alpha value is -0.705. The Morgan fingerprint density at radius 3 is 2.52 bits per heavy atom. The molecule has 1 aliphatic rings. The standard InChI is InChI=1S/C17H26BNO2.2ClH/c1-2-3-9-16(17(20)21-18)14-10-15(11-14)19-12-13-7-5-4-6-8-13;;/h4-8,14-16,19H,2-3,9-12,18H2,1H3;2*1H. The lowest BCUT2D eigenvalue weighted by Gasteiger charge is -2.40. The number of hydrogen-bond donors (Lipinski definition) is 1. The van der Waals surface area contributed by atoms with E-state index in [1.807, 2.05) is 6.07 Å². The van der Waals surface area contributed by atoms with Crippen molar-refractivity contribution >= 4 is 38.8 Å². The summed E-state index contributed by atoms with van der Waals surface area (Å²) >= 11 is 0. The first-order valence-corrected chi connectivity index (χ1v) is 8.09. The maximum Gasteiger partial charge on any atom is 0.325 e. The van der Waals surface area contributed by atoms with Gasteiger partial charge in [-0.05, 0) is 30.7 Å². The smallest absolute Gasteiger partial charge is 0.325 e. The van der Waals surface area contributed by atoms with Crippen molar-refractivity contribution in [1.82, 2.24) is 5.32 Å². The summed E-state index contributed by atoms with van der Waals surface area (Å²) in [6.07, 6.45) is 5.40. The fourth-order valence-corrected chi connectivity index (χ4v) is 3.14. The summed E-state index contributed by atoms with van der Waals surface area (Å²) in [4.78, 5) is 11.9. The summed E-state index contributed by atoms with van der Waals surface area (Å²) in [5.41, 5.74) is 1.32. The highest BCUT2D eigenvalue weighted by Gasteiger charge is 2.38. The van der Waals surface area contributed by atoms with Crippen molar-refractivity contribution in [2.45, 2.75) is 51.6 Å². The van der Waals surface area contributed by atoms with Crippen LogP contribution in [0.4, 0.5) is 0 Å². The second-order valence-corrected chi connectivity index (χ2v) is 6.07. The fourth-order valence-electron chi connectivity index (χ4n) is 3.14. The maximum absolute atomic E-state index is 11.9. The van der Waals surface area contributed by atoms with Gasteiger partial charge in [-0.3, -0.25) is 4.79 Å². The van der Waals surface area contributed by atoms with Crippen LogP contribution in [0, 0.1) is 11.8 Å². The minimum absolute atomic E-state index is 0. The van der Waals surface area contributed by atoms with Gasteiger partial charge in [0.2, 0.25) is 0 Å². The van der Waals surface area contributed by atoms with Crippen molar-refractivity contribution in [1.29, 1.82) is 0 Å². The molecule has 0 aromatic heterocycles. The van der Waals surface area contributed by atoms with Crippen molar-refractivity contribution in [3.63, 3.8) is 0 Å². The van der Waals surface area contributed by atoms with Crippen LogP contribution in [-0.2, 0) is 16.0 Å². The highest BCUT2D eigenvalue weighted by Crippen LogP contribution is 2.37. The second kappa shape index (κ2) is 11.8. The monoisotopic (exact) mass is 359 g/mol. The van der Waals surface area contributed by atoms with Crippen molar-refractivity contribution in [2.75, 3.05) is 0 Å². The number of halogens is 2. The summed E-state index contributed by atoms with van der Waals surface area (Å²) in [7, 11) is 1.51. The van der Waals surface area contributed by atoms with E-state index in [1.54, 1.807) is 0 Å². The molecule has 1 N–H and O–H groups in total. The molecule has 1 fully saturated rings. The molecule has 1 saturated carbocycles. The van der Waals surface area contributed by atoms with Gasteiger partial charge in [0, 0.05) is 12.6 Å². The molecule has 130 valence electrons. The molecule has 1 unspecified atom stereocenters. The zero-order valence-corrected chi connectivity index (χ0v) is 15.6. The van der Waals surface area contributed by atoms with Gasteiger partial charge in [-0.25, -0.2) is 0 Å². The van der Waals surface area contributed by atoms with Gasteiger partial charge in [-0.15, -0.1) is 24.8 Å². The number of rotatable bonds is 8.